The molecular formula is C12H23N5. The first kappa shape index (κ1) is 12.5. The lowest BCUT2D eigenvalue weighted by Crippen LogP contribution is -2.37. The van der Waals surface area contributed by atoms with Crippen molar-refractivity contribution < 1.29 is 0 Å². The van der Waals surface area contributed by atoms with Gasteiger partial charge < -0.3 is 5.32 Å². The van der Waals surface area contributed by atoms with Gasteiger partial charge in [0.1, 0.15) is 12.2 Å². The molecule has 2 rings (SSSR count). The molecule has 1 fully saturated rings. The molecule has 17 heavy (non-hydrogen) atoms. The number of nitrogens with zero attached hydrogens (tertiary/aromatic N) is 4. The molecule has 5 nitrogen and oxygen atoms in total. The van der Waals surface area contributed by atoms with E-state index in [2.05, 4.69) is 34.3 Å². The van der Waals surface area contributed by atoms with Gasteiger partial charge in [-0.2, -0.15) is 5.10 Å². The predicted molar refractivity (Wildman–Crippen MR) is 67.6 cm³/mol. The Balaban J connectivity index is 1.82. The molecule has 1 atom stereocenters. The maximum atomic E-state index is 4.31. The average Bonchev–Trinajstić information content (AvgIpc) is 2.77. The van der Waals surface area contributed by atoms with Gasteiger partial charge in [0.05, 0.1) is 6.54 Å². The molecule has 1 saturated heterocycles. The minimum Gasteiger partial charge on any atom is -0.316 e. The molecule has 2 heterocycles. The summed E-state index contributed by atoms with van der Waals surface area (Å²) >= 11 is 0. The standard InChI is InChI=1S/C12H23N5/c1-3-17-12(14-10-15-17)9-16(2)8-11-5-4-6-13-7-11/h10-11,13H,3-9H2,1-2H3. The van der Waals surface area contributed by atoms with Crippen molar-refractivity contribution in [3.8, 4) is 0 Å². The van der Waals surface area contributed by atoms with Crippen molar-refractivity contribution in [2.24, 2.45) is 5.92 Å². The molecule has 0 aliphatic carbocycles. The SMILES string of the molecule is CCn1ncnc1CN(C)CC1CCCNC1. The van der Waals surface area contributed by atoms with Crippen molar-refractivity contribution in [1.82, 2.24) is 25.0 Å². The van der Waals surface area contributed by atoms with Crippen LogP contribution in [0.3, 0.4) is 0 Å². The summed E-state index contributed by atoms with van der Waals surface area (Å²) in [6, 6.07) is 0. The minimum atomic E-state index is 0.784. The van der Waals surface area contributed by atoms with Crippen LogP contribution in [0.25, 0.3) is 0 Å². The summed E-state index contributed by atoms with van der Waals surface area (Å²) in [5, 5.41) is 7.66. The van der Waals surface area contributed by atoms with Crippen LogP contribution in [0, 0.1) is 5.92 Å². The van der Waals surface area contributed by atoms with E-state index in [1.54, 1.807) is 6.33 Å². The van der Waals surface area contributed by atoms with Crippen molar-refractivity contribution in [3.63, 3.8) is 0 Å². The van der Waals surface area contributed by atoms with Gasteiger partial charge in [0.2, 0.25) is 0 Å². The van der Waals surface area contributed by atoms with Crippen molar-refractivity contribution in [1.29, 1.82) is 0 Å². The van der Waals surface area contributed by atoms with Crippen molar-refractivity contribution in [2.45, 2.75) is 32.9 Å². The highest BCUT2D eigenvalue weighted by Gasteiger charge is 2.16. The molecule has 0 saturated carbocycles. The molecule has 1 aliphatic heterocycles. The summed E-state index contributed by atoms with van der Waals surface area (Å²) in [5.41, 5.74) is 0. The number of piperidine rings is 1. The van der Waals surface area contributed by atoms with Crippen LogP contribution in [-0.4, -0.2) is 46.3 Å². The molecule has 0 spiro atoms. The van der Waals surface area contributed by atoms with Gasteiger partial charge in [0.25, 0.3) is 0 Å². The second-order valence-electron chi connectivity index (χ2n) is 4.90. The van der Waals surface area contributed by atoms with Crippen LogP contribution in [-0.2, 0) is 13.1 Å². The van der Waals surface area contributed by atoms with E-state index in [1.165, 1.54) is 19.4 Å². The Morgan fingerprint density at radius 2 is 2.47 bits per heavy atom. The number of aryl methyl sites for hydroxylation is 1. The Hall–Kier alpha value is -0.940. The Kier molecular flexibility index (Phi) is 4.50. The van der Waals surface area contributed by atoms with Gasteiger partial charge in [-0.15, -0.1) is 0 Å². The molecule has 1 aromatic heterocycles. The third-order valence-corrected chi connectivity index (χ3v) is 3.38. The third kappa shape index (κ3) is 3.51. The lowest BCUT2D eigenvalue weighted by Gasteiger charge is -2.27. The topological polar surface area (TPSA) is 46.0 Å². The Morgan fingerprint density at radius 1 is 1.59 bits per heavy atom. The first-order valence-electron chi connectivity index (χ1n) is 6.55. The summed E-state index contributed by atoms with van der Waals surface area (Å²) in [6.45, 7) is 7.38. The van der Waals surface area contributed by atoms with Crippen LogP contribution in [0.1, 0.15) is 25.6 Å². The molecule has 1 aliphatic rings. The predicted octanol–water partition coefficient (Wildman–Crippen LogP) is 0.729. The number of aromatic nitrogens is 3. The monoisotopic (exact) mass is 237 g/mol. The molecule has 0 amide bonds. The fourth-order valence-corrected chi connectivity index (χ4v) is 2.50. The second-order valence-corrected chi connectivity index (χ2v) is 4.90. The highest BCUT2D eigenvalue weighted by Crippen LogP contribution is 2.12. The molecule has 1 unspecified atom stereocenters. The van der Waals surface area contributed by atoms with Gasteiger partial charge in [-0.25, -0.2) is 9.67 Å². The van der Waals surface area contributed by atoms with Gasteiger partial charge in [-0.1, -0.05) is 0 Å². The van der Waals surface area contributed by atoms with E-state index < -0.39 is 0 Å². The second kappa shape index (κ2) is 6.12. The van der Waals surface area contributed by atoms with Crippen LogP contribution >= 0.6 is 0 Å². The zero-order chi connectivity index (χ0) is 12.1. The summed E-state index contributed by atoms with van der Waals surface area (Å²) in [7, 11) is 2.17. The molecule has 0 aromatic carbocycles. The van der Waals surface area contributed by atoms with Gasteiger partial charge in [-0.3, -0.25) is 4.90 Å². The lowest BCUT2D eigenvalue weighted by atomic mass is 9.99. The van der Waals surface area contributed by atoms with Crippen LogP contribution in [0.5, 0.6) is 0 Å². The smallest absolute Gasteiger partial charge is 0.140 e. The zero-order valence-corrected chi connectivity index (χ0v) is 10.9. The first-order chi connectivity index (χ1) is 8.29. The number of hydrogen-bond acceptors (Lipinski definition) is 4. The van der Waals surface area contributed by atoms with Gasteiger partial charge in [0, 0.05) is 13.1 Å². The summed E-state index contributed by atoms with van der Waals surface area (Å²) in [6.07, 6.45) is 4.30. The fourth-order valence-electron chi connectivity index (χ4n) is 2.50. The number of nitrogens with one attached hydrogen (secondary N) is 1. The summed E-state index contributed by atoms with van der Waals surface area (Å²) in [5.74, 6) is 1.85. The number of hydrogen-bond donors (Lipinski definition) is 1. The zero-order valence-electron chi connectivity index (χ0n) is 10.9. The van der Waals surface area contributed by atoms with Crippen LogP contribution in [0.2, 0.25) is 0 Å². The van der Waals surface area contributed by atoms with E-state index in [4.69, 9.17) is 0 Å². The third-order valence-electron chi connectivity index (χ3n) is 3.38. The van der Waals surface area contributed by atoms with Gasteiger partial charge in [0.15, 0.2) is 0 Å². The average molecular weight is 237 g/mol. The van der Waals surface area contributed by atoms with Crippen molar-refractivity contribution >= 4 is 0 Å². The highest BCUT2D eigenvalue weighted by molar-refractivity contribution is 4.84. The van der Waals surface area contributed by atoms with Crippen LogP contribution in [0.15, 0.2) is 6.33 Å². The van der Waals surface area contributed by atoms with Crippen LogP contribution < -0.4 is 5.32 Å². The van der Waals surface area contributed by atoms with Gasteiger partial charge in [-0.05, 0) is 45.8 Å². The summed E-state index contributed by atoms with van der Waals surface area (Å²) in [4.78, 5) is 6.67. The fraction of sp³-hybridized carbons (Fsp3) is 0.833. The quantitative estimate of drug-likeness (QED) is 0.820. The first-order valence-corrected chi connectivity index (χ1v) is 6.55. The maximum absolute atomic E-state index is 4.31. The molecule has 1 N–H and O–H groups in total. The highest BCUT2D eigenvalue weighted by atomic mass is 15.3. The van der Waals surface area contributed by atoms with Crippen LogP contribution in [0.4, 0.5) is 0 Å². The Morgan fingerprint density at radius 3 is 3.18 bits per heavy atom. The molecule has 1 aromatic rings. The maximum Gasteiger partial charge on any atom is 0.140 e. The van der Waals surface area contributed by atoms with Crippen molar-refractivity contribution in [2.75, 3.05) is 26.7 Å². The number of rotatable bonds is 5. The Labute approximate surface area is 103 Å². The normalized spacial score (nSPS) is 21.0. The summed E-state index contributed by atoms with van der Waals surface area (Å²) < 4.78 is 1.97. The van der Waals surface area contributed by atoms with E-state index in [0.717, 1.165) is 37.9 Å². The van der Waals surface area contributed by atoms with E-state index in [-0.39, 0.29) is 0 Å². The van der Waals surface area contributed by atoms with E-state index >= 15 is 0 Å². The molecule has 0 radical (unpaired) electrons. The van der Waals surface area contributed by atoms with E-state index in [9.17, 15) is 0 Å². The minimum absolute atomic E-state index is 0.784. The largest absolute Gasteiger partial charge is 0.316 e. The van der Waals surface area contributed by atoms with E-state index in [1.807, 2.05) is 4.68 Å². The van der Waals surface area contributed by atoms with E-state index in [0.29, 0.717) is 0 Å². The van der Waals surface area contributed by atoms with Gasteiger partial charge >= 0.3 is 0 Å². The molecule has 96 valence electrons. The molecule has 5 heteroatoms. The molecule has 0 bridgehead atoms. The lowest BCUT2D eigenvalue weighted by molar-refractivity contribution is 0.230. The Bertz CT molecular complexity index is 329. The molecular weight excluding hydrogens is 214 g/mol. The van der Waals surface area contributed by atoms with Crippen molar-refractivity contribution in [3.05, 3.63) is 12.2 Å².